The maximum atomic E-state index is 11.2. The van der Waals surface area contributed by atoms with Gasteiger partial charge < -0.3 is 10.8 Å². The van der Waals surface area contributed by atoms with Gasteiger partial charge in [0.1, 0.15) is 0 Å². The number of carbonyl (C=O) groups excluding carboxylic acids is 1. The Kier molecular flexibility index (Phi) is 3.59. The Morgan fingerprint density at radius 3 is 2.89 bits per heavy atom. The van der Waals surface area contributed by atoms with E-state index in [-0.39, 0.29) is 12.1 Å². The van der Waals surface area contributed by atoms with Gasteiger partial charge in [-0.1, -0.05) is 6.07 Å². The summed E-state index contributed by atoms with van der Waals surface area (Å²) in [7, 11) is 0. The van der Waals surface area contributed by atoms with E-state index in [9.17, 15) is 9.90 Å². The van der Waals surface area contributed by atoms with E-state index in [2.05, 4.69) is 15.2 Å². The maximum Gasteiger partial charge on any atom is 0.269 e. The van der Waals surface area contributed by atoms with Crippen molar-refractivity contribution >= 4 is 5.91 Å². The number of hydrogen-bond acceptors (Lipinski definition) is 5. The molecule has 0 aliphatic carbocycles. The molecule has 0 saturated heterocycles. The van der Waals surface area contributed by atoms with Gasteiger partial charge in [0.05, 0.1) is 6.10 Å². The molecule has 0 spiro atoms. The number of amides is 1. The van der Waals surface area contributed by atoms with Crippen LogP contribution in [-0.2, 0) is 6.42 Å². The van der Waals surface area contributed by atoms with E-state index in [4.69, 9.17) is 5.73 Å². The predicted octanol–water partition coefficient (Wildman–Crippen LogP) is 0.247. The highest BCUT2D eigenvalue weighted by Gasteiger charge is 2.15. The lowest BCUT2D eigenvalue weighted by Gasteiger charge is -2.11. The van der Waals surface area contributed by atoms with Crippen LogP contribution in [0.4, 0.5) is 0 Å². The second kappa shape index (κ2) is 5.33. The summed E-state index contributed by atoms with van der Waals surface area (Å²) in [5.74, 6) is -0.656. The second-order valence-corrected chi connectivity index (χ2v) is 3.78. The monoisotopic (exact) mass is 244 g/mol. The van der Waals surface area contributed by atoms with E-state index in [1.165, 1.54) is 6.20 Å². The Hall–Kier alpha value is -2.34. The van der Waals surface area contributed by atoms with Gasteiger partial charge in [0.15, 0.2) is 5.69 Å². The number of aromatic nitrogens is 3. The van der Waals surface area contributed by atoms with E-state index in [1.54, 1.807) is 30.6 Å². The lowest BCUT2D eigenvalue weighted by molar-refractivity contribution is 0.0992. The van der Waals surface area contributed by atoms with E-state index >= 15 is 0 Å². The number of pyridine rings is 1. The largest absolute Gasteiger partial charge is 0.388 e. The molecule has 0 saturated carbocycles. The summed E-state index contributed by atoms with van der Waals surface area (Å²) in [5.41, 5.74) is 6.51. The first kappa shape index (κ1) is 12.1. The van der Waals surface area contributed by atoms with Gasteiger partial charge in [-0.15, -0.1) is 5.10 Å². The number of primary amides is 1. The first-order valence-electron chi connectivity index (χ1n) is 5.37. The molecule has 2 rings (SSSR count). The summed E-state index contributed by atoms with van der Waals surface area (Å²) in [6, 6.07) is 5.11. The van der Waals surface area contributed by atoms with Crippen LogP contribution in [0, 0.1) is 0 Å². The number of aliphatic hydroxyl groups is 1. The molecule has 1 atom stereocenters. The maximum absolute atomic E-state index is 11.2. The summed E-state index contributed by atoms with van der Waals surface area (Å²) in [6.45, 7) is 0. The van der Waals surface area contributed by atoms with Gasteiger partial charge in [0.25, 0.3) is 5.91 Å². The minimum Gasteiger partial charge on any atom is -0.388 e. The van der Waals surface area contributed by atoms with Crippen molar-refractivity contribution in [2.45, 2.75) is 12.5 Å². The molecule has 2 heterocycles. The van der Waals surface area contributed by atoms with Crippen molar-refractivity contribution in [2.24, 2.45) is 5.73 Å². The normalized spacial score (nSPS) is 12.1. The van der Waals surface area contributed by atoms with Crippen molar-refractivity contribution in [1.29, 1.82) is 0 Å². The minimum absolute atomic E-state index is 0.0837. The third-order valence-corrected chi connectivity index (χ3v) is 2.52. The first-order chi connectivity index (χ1) is 8.68. The Morgan fingerprint density at radius 1 is 1.39 bits per heavy atom. The smallest absolute Gasteiger partial charge is 0.269 e. The lowest BCUT2D eigenvalue weighted by Crippen LogP contribution is -2.18. The van der Waals surface area contributed by atoms with Crippen LogP contribution in [0.15, 0.2) is 36.8 Å². The molecule has 2 aromatic heterocycles. The SMILES string of the molecule is NC(=O)c1nnccc1CC(O)c1cccnc1. The molecular formula is C12H12N4O2. The molecule has 18 heavy (non-hydrogen) atoms. The average molecular weight is 244 g/mol. The van der Waals surface area contributed by atoms with Gasteiger partial charge in [-0.3, -0.25) is 9.78 Å². The van der Waals surface area contributed by atoms with Crippen molar-refractivity contribution in [2.75, 3.05) is 0 Å². The van der Waals surface area contributed by atoms with Crippen LogP contribution in [0.25, 0.3) is 0 Å². The molecule has 0 fully saturated rings. The summed E-state index contributed by atoms with van der Waals surface area (Å²) >= 11 is 0. The highest BCUT2D eigenvalue weighted by molar-refractivity contribution is 5.92. The molecule has 6 heteroatoms. The van der Waals surface area contributed by atoms with Crippen molar-refractivity contribution in [3.63, 3.8) is 0 Å². The van der Waals surface area contributed by atoms with Crippen molar-refractivity contribution in [1.82, 2.24) is 15.2 Å². The molecule has 1 amide bonds. The van der Waals surface area contributed by atoms with Gasteiger partial charge >= 0.3 is 0 Å². The van der Waals surface area contributed by atoms with Crippen molar-refractivity contribution in [3.8, 4) is 0 Å². The van der Waals surface area contributed by atoms with E-state index in [0.717, 1.165) is 0 Å². The summed E-state index contributed by atoms with van der Waals surface area (Å²) in [4.78, 5) is 15.1. The highest BCUT2D eigenvalue weighted by Crippen LogP contribution is 2.18. The third-order valence-electron chi connectivity index (χ3n) is 2.52. The molecule has 6 nitrogen and oxygen atoms in total. The fourth-order valence-electron chi connectivity index (χ4n) is 1.63. The van der Waals surface area contributed by atoms with Crippen LogP contribution in [0.5, 0.6) is 0 Å². The molecule has 1 unspecified atom stereocenters. The van der Waals surface area contributed by atoms with Crippen molar-refractivity contribution in [3.05, 3.63) is 53.6 Å². The summed E-state index contributed by atoms with van der Waals surface area (Å²) < 4.78 is 0. The van der Waals surface area contributed by atoms with Crippen LogP contribution in [-0.4, -0.2) is 26.2 Å². The summed E-state index contributed by atoms with van der Waals surface area (Å²) in [6.07, 6.45) is 4.13. The fourth-order valence-corrected chi connectivity index (χ4v) is 1.63. The fraction of sp³-hybridized carbons (Fsp3) is 0.167. The van der Waals surface area contributed by atoms with Gasteiger partial charge in [-0.25, -0.2) is 0 Å². The number of hydrogen-bond donors (Lipinski definition) is 2. The number of rotatable bonds is 4. The standard InChI is InChI=1S/C12H12N4O2/c13-12(18)11-8(3-5-15-16-11)6-10(17)9-2-1-4-14-7-9/h1-5,7,10,17H,6H2,(H2,13,18). The lowest BCUT2D eigenvalue weighted by atomic mass is 10.0. The van der Waals surface area contributed by atoms with Crippen LogP contribution in [0.3, 0.4) is 0 Å². The zero-order chi connectivity index (χ0) is 13.0. The Morgan fingerprint density at radius 2 is 2.22 bits per heavy atom. The number of nitrogens with zero attached hydrogens (tertiary/aromatic N) is 3. The second-order valence-electron chi connectivity index (χ2n) is 3.78. The summed E-state index contributed by atoms with van der Waals surface area (Å²) in [5, 5.41) is 17.3. The van der Waals surface area contributed by atoms with Gasteiger partial charge in [0, 0.05) is 25.0 Å². The molecule has 3 N–H and O–H groups in total. The molecule has 0 aliphatic rings. The van der Waals surface area contributed by atoms with E-state index in [0.29, 0.717) is 11.1 Å². The quantitative estimate of drug-likeness (QED) is 0.802. The molecule has 0 bridgehead atoms. The van der Waals surface area contributed by atoms with Gasteiger partial charge in [0.2, 0.25) is 0 Å². The first-order valence-corrected chi connectivity index (χ1v) is 5.37. The number of nitrogens with two attached hydrogens (primary N) is 1. The van der Waals surface area contributed by atoms with Crippen molar-refractivity contribution < 1.29 is 9.90 Å². The average Bonchev–Trinajstić information content (AvgIpc) is 2.40. The Labute approximate surface area is 104 Å². The topological polar surface area (TPSA) is 102 Å². The molecule has 2 aromatic rings. The Balaban J connectivity index is 2.22. The van der Waals surface area contributed by atoms with Crippen LogP contribution >= 0.6 is 0 Å². The number of aliphatic hydroxyl groups excluding tert-OH is 1. The predicted molar refractivity (Wildman–Crippen MR) is 63.5 cm³/mol. The number of carbonyl (C=O) groups is 1. The molecular weight excluding hydrogens is 232 g/mol. The zero-order valence-corrected chi connectivity index (χ0v) is 9.52. The van der Waals surface area contributed by atoms with Crippen LogP contribution < -0.4 is 5.73 Å². The molecule has 0 aromatic carbocycles. The van der Waals surface area contributed by atoms with Gasteiger partial charge in [-0.2, -0.15) is 5.10 Å². The Bertz CT molecular complexity index is 545. The third kappa shape index (κ3) is 2.67. The van der Waals surface area contributed by atoms with Crippen LogP contribution in [0.1, 0.15) is 27.7 Å². The molecule has 0 radical (unpaired) electrons. The highest BCUT2D eigenvalue weighted by atomic mass is 16.3. The molecule has 0 aliphatic heterocycles. The van der Waals surface area contributed by atoms with Gasteiger partial charge in [-0.05, 0) is 23.3 Å². The van der Waals surface area contributed by atoms with E-state index in [1.807, 2.05) is 0 Å². The van der Waals surface area contributed by atoms with Crippen LogP contribution in [0.2, 0.25) is 0 Å². The minimum atomic E-state index is -0.763. The van der Waals surface area contributed by atoms with E-state index < -0.39 is 12.0 Å². The molecule has 92 valence electrons. The zero-order valence-electron chi connectivity index (χ0n) is 9.52.